The van der Waals surface area contributed by atoms with E-state index in [0.717, 1.165) is 32.1 Å². The maximum atomic E-state index is 14.6. The molecule has 2 fully saturated rings. The van der Waals surface area contributed by atoms with Crippen LogP contribution >= 0.6 is 7.82 Å². The molecule has 0 spiro atoms. The van der Waals surface area contributed by atoms with E-state index in [9.17, 15) is 38.2 Å². The van der Waals surface area contributed by atoms with Crippen molar-refractivity contribution in [3.05, 3.63) is 228 Å². The van der Waals surface area contributed by atoms with Gasteiger partial charge in [-0.05, 0) is 99.0 Å². The Balaban J connectivity index is 1.23. The summed E-state index contributed by atoms with van der Waals surface area (Å²) in [5, 5.41) is 0. The molecule has 0 aromatic heterocycles. The summed E-state index contributed by atoms with van der Waals surface area (Å²) in [6.45, 7) is 4.18. The Bertz CT molecular complexity index is 3140. The third kappa shape index (κ3) is 17.5. The normalized spacial score (nSPS) is 22.6. The summed E-state index contributed by atoms with van der Waals surface area (Å²) in [4.78, 5) is 96.9. The number of carbonyl (C=O) groups excluding carboxylic acids is 6. The quantitative estimate of drug-likeness (QED) is 0.0166. The molecular weight excluding hydrogens is 1100 g/mol. The van der Waals surface area contributed by atoms with Crippen LogP contribution in [-0.2, 0) is 56.2 Å². The number of benzene rings is 6. The zero-order valence-electron chi connectivity index (χ0n) is 46.0. The van der Waals surface area contributed by atoms with Crippen LogP contribution in [0.15, 0.2) is 195 Å². The van der Waals surface area contributed by atoms with Gasteiger partial charge >= 0.3 is 43.6 Å². The number of phosphoric acid groups is 1. The molecule has 11 atom stereocenters. The Labute approximate surface area is 486 Å². The Morgan fingerprint density at radius 1 is 0.452 bits per heavy atom. The van der Waals surface area contributed by atoms with Crippen molar-refractivity contribution in [2.24, 2.45) is 0 Å². The molecule has 20 heteroatoms. The Hall–Kier alpha value is -8.13. The van der Waals surface area contributed by atoms with E-state index in [1.54, 1.807) is 109 Å². The second-order valence-electron chi connectivity index (χ2n) is 19.6. The highest BCUT2D eigenvalue weighted by Gasteiger charge is 2.58. The van der Waals surface area contributed by atoms with Crippen LogP contribution < -0.4 is 0 Å². The number of hydrogen-bond acceptors (Lipinski definition) is 18. The number of unbranched alkanes of at least 4 members (excludes halogenated alkanes) is 6. The van der Waals surface area contributed by atoms with Crippen LogP contribution in [0, 0.1) is 0 Å². The zero-order chi connectivity index (χ0) is 59.3. The van der Waals surface area contributed by atoms with Crippen LogP contribution in [0.5, 0.6) is 0 Å². The Morgan fingerprint density at radius 3 is 1.21 bits per heavy atom. The minimum absolute atomic E-state index is 0.0185. The molecule has 2 heterocycles. The zero-order valence-corrected chi connectivity index (χ0v) is 46.9. The minimum Gasteiger partial charge on any atom is -0.459 e. The van der Waals surface area contributed by atoms with Crippen molar-refractivity contribution in [2.75, 3.05) is 13.2 Å². The summed E-state index contributed by atoms with van der Waals surface area (Å²) in [6, 6.07) is 46.5. The molecule has 0 bridgehead atoms. The van der Waals surface area contributed by atoms with Crippen molar-refractivity contribution in [2.45, 2.75) is 113 Å². The van der Waals surface area contributed by atoms with Crippen molar-refractivity contribution in [3.63, 3.8) is 0 Å². The molecule has 0 radical (unpaired) electrons. The lowest BCUT2D eigenvalue weighted by atomic mass is 9.96. The molecule has 19 nitrogen and oxygen atoms in total. The highest BCUT2D eigenvalue weighted by atomic mass is 31.2. The molecule has 0 saturated carbocycles. The summed E-state index contributed by atoms with van der Waals surface area (Å²) in [6.07, 6.45) is -10.9. The fourth-order valence-electron chi connectivity index (χ4n) is 9.26. The van der Waals surface area contributed by atoms with E-state index in [0.29, 0.717) is 12.8 Å². The first-order valence-corrected chi connectivity index (χ1v) is 29.0. The summed E-state index contributed by atoms with van der Waals surface area (Å²) < 4.78 is 82.2. The minimum atomic E-state index is -5.21. The molecule has 0 aliphatic carbocycles. The maximum absolute atomic E-state index is 14.6. The van der Waals surface area contributed by atoms with Gasteiger partial charge in [0.15, 0.2) is 36.8 Å². The summed E-state index contributed by atoms with van der Waals surface area (Å²) >= 11 is 0. The highest BCUT2D eigenvalue weighted by molar-refractivity contribution is 7.47. The maximum Gasteiger partial charge on any atom is 0.474 e. The van der Waals surface area contributed by atoms with Crippen molar-refractivity contribution in [1.29, 1.82) is 0 Å². The van der Waals surface area contributed by atoms with E-state index < -0.39 is 112 Å². The number of ether oxygens (including phenoxy) is 9. The summed E-state index contributed by atoms with van der Waals surface area (Å²) in [5.74, 6) is -5.79. The summed E-state index contributed by atoms with van der Waals surface area (Å²) in [5.41, 5.74) is 0.237. The van der Waals surface area contributed by atoms with Gasteiger partial charge in [0.2, 0.25) is 6.29 Å². The van der Waals surface area contributed by atoms with E-state index >= 15 is 0 Å². The van der Waals surface area contributed by atoms with Gasteiger partial charge in [-0.3, -0.25) is 9.05 Å². The van der Waals surface area contributed by atoms with E-state index in [-0.39, 0.29) is 40.0 Å². The molecule has 2 aliphatic rings. The lowest BCUT2D eigenvalue weighted by molar-refractivity contribution is -0.347. The Morgan fingerprint density at radius 2 is 0.798 bits per heavy atom. The first-order chi connectivity index (χ1) is 40.8. The number of carbonyl (C=O) groups is 6. The van der Waals surface area contributed by atoms with Crippen LogP contribution in [0.3, 0.4) is 0 Å². The molecule has 84 heavy (non-hydrogen) atoms. The number of allylic oxidation sites excluding steroid dienone is 1. The van der Waals surface area contributed by atoms with Gasteiger partial charge in [0.05, 0.1) is 46.1 Å². The molecule has 1 unspecified atom stereocenters. The van der Waals surface area contributed by atoms with E-state index in [1.807, 2.05) is 6.08 Å². The van der Waals surface area contributed by atoms with Gasteiger partial charge in [-0.1, -0.05) is 141 Å². The molecule has 440 valence electrons. The van der Waals surface area contributed by atoms with Crippen molar-refractivity contribution >= 4 is 43.6 Å². The predicted octanol–water partition coefficient (Wildman–Crippen LogP) is 10.9. The van der Waals surface area contributed by atoms with Gasteiger partial charge in [-0.25, -0.2) is 33.3 Å². The average Bonchev–Trinajstić information content (AvgIpc) is 2.21. The van der Waals surface area contributed by atoms with Crippen LogP contribution in [0.25, 0.3) is 0 Å². The lowest BCUT2D eigenvalue weighted by Gasteiger charge is -2.48. The van der Waals surface area contributed by atoms with Gasteiger partial charge < -0.3 is 47.5 Å². The fraction of sp³-hybridized carbons (Fsp3) is 0.312. The SMILES string of the molecule is C=CCCCCCCCCOP(=O)(O)O[C@H]1O[C@H](COC(=O)c2ccccc2)[C@@H](O[C@H]2O[C@H](C)[C@H](OC(=O)c3ccccc3)[C@H](OC(=O)c3ccccc3)[C@H]2OC(=O)c2ccccc2)[C@H](OC(=O)c2ccccc2)[C@@H]1OC(=O)c1ccccc1. The standard InChI is InChI=1S/C64H65O19P/c1-3-4-5-6-7-8-9-28-41-74-84(71,72)83-64-56(81-62(70)49-39-26-15-27-40-49)54(79-60(68)47-35-22-13-23-36-47)52(50(76-64)42-73-57(65)44-29-16-10-17-30-44)82-63-55(80-61(69)48-37-24-14-25-38-48)53(78-59(67)46-33-20-12-21-34-46)51(43(2)75-63)77-58(66)45-31-18-11-19-32-45/h3,10-27,29-40,43,50-56,63-64H,1,4-9,28,41-42H2,2H3,(H,71,72)/t43-,50-,51+,52-,53+,54+,55-,56+,63-,64-/m1/s1. The topological polar surface area (TPSA) is 241 Å². The van der Waals surface area contributed by atoms with Crippen LogP contribution in [0.4, 0.5) is 0 Å². The molecule has 0 amide bonds. The van der Waals surface area contributed by atoms with Crippen LogP contribution in [0.1, 0.15) is 114 Å². The number of hydrogen-bond donors (Lipinski definition) is 1. The Kier molecular flexibility index (Phi) is 22.8. The number of phosphoric ester groups is 1. The molecule has 1 N–H and O–H groups in total. The second kappa shape index (κ2) is 31.0. The molecule has 2 aliphatic heterocycles. The highest BCUT2D eigenvalue weighted by Crippen LogP contribution is 2.48. The van der Waals surface area contributed by atoms with Gasteiger partial charge in [-0.2, -0.15) is 0 Å². The third-order valence-corrected chi connectivity index (χ3v) is 14.5. The molecule has 6 aromatic rings. The van der Waals surface area contributed by atoms with Crippen molar-refractivity contribution in [1.82, 2.24) is 0 Å². The molecule has 8 rings (SSSR count). The number of esters is 6. The average molecular weight is 1170 g/mol. The molecule has 2 saturated heterocycles. The lowest BCUT2D eigenvalue weighted by Crippen LogP contribution is -2.66. The first-order valence-electron chi connectivity index (χ1n) is 27.5. The fourth-order valence-corrected chi connectivity index (χ4v) is 10.1. The van der Waals surface area contributed by atoms with E-state index in [1.165, 1.54) is 79.7 Å². The van der Waals surface area contributed by atoms with Gasteiger partial charge in [-0.15, -0.1) is 6.58 Å². The van der Waals surface area contributed by atoms with Gasteiger partial charge in [0.1, 0.15) is 18.8 Å². The van der Waals surface area contributed by atoms with E-state index in [2.05, 4.69) is 6.58 Å². The molecular formula is C64H65O19P. The van der Waals surface area contributed by atoms with Gasteiger partial charge in [0, 0.05) is 0 Å². The second-order valence-corrected chi connectivity index (χ2v) is 21.0. The van der Waals surface area contributed by atoms with Crippen LogP contribution in [-0.4, -0.2) is 115 Å². The van der Waals surface area contributed by atoms with Gasteiger partial charge in [0.25, 0.3) is 0 Å². The first kappa shape index (κ1) is 61.9. The number of rotatable bonds is 27. The monoisotopic (exact) mass is 1170 g/mol. The van der Waals surface area contributed by atoms with E-state index in [4.69, 9.17) is 51.7 Å². The molecule has 6 aromatic carbocycles. The predicted molar refractivity (Wildman–Crippen MR) is 302 cm³/mol. The smallest absolute Gasteiger partial charge is 0.459 e. The van der Waals surface area contributed by atoms with Crippen LogP contribution in [0.2, 0.25) is 0 Å². The largest absolute Gasteiger partial charge is 0.474 e. The van der Waals surface area contributed by atoms with Crippen molar-refractivity contribution in [3.8, 4) is 0 Å². The third-order valence-electron chi connectivity index (χ3n) is 13.6. The summed E-state index contributed by atoms with van der Waals surface area (Å²) in [7, 11) is -5.21. The van der Waals surface area contributed by atoms with Crippen molar-refractivity contribution < 1.29 is 89.9 Å².